The number of urea groups is 1. The summed E-state index contributed by atoms with van der Waals surface area (Å²) >= 11 is 0. The molecule has 1 aromatic carbocycles. The van der Waals surface area contributed by atoms with E-state index in [-0.39, 0.29) is 12.5 Å². The molecule has 1 aliphatic heterocycles. The van der Waals surface area contributed by atoms with Crippen LogP contribution in [0.3, 0.4) is 0 Å². The number of carbonyl (C=O) groups excluding carboxylic acids is 1. The molecule has 0 bridgehead atoms. The Bertz CT molecular complexity index is 690. The molecule has 0 spiro atoms. The quantitative estimate of drug-likeness (QED) is 0.688. The predicted octanol–water partition coefficient (Wildman–Crippen LogP) is 0.830. The minimum absolute atomic E-state index is 0.0260. The van der Waals surface area contributed by atoms with Gasteiger partial charge in [0.05, 0.1) is 12.4 Å². The molecule has 9 heteroatoms. The fourth-order valence-electron chi connectivity index (χ4n) is 2.77. The summed E-state index contributed by atoms with van der Waals surface area (Å²) in [5.41, 5.74) is 0.397. The summed E-state index contributed by atoms with van der Waals surface area (Å²) in [6, 6.07) is 5.17. The van der Waals surface area contributed by atoms with Crippen molar-refractivity contribution < 1.29 is 22.7 Å². The summed E-state index contributed by atoms with van der Waals surface area (Å²) in [4.78, 5) is 11.8. The van der Waals surface area contributed by atoms with E-state index < -0.39 is 28.0 Å². The lowest BCUT2D eigenvalue weighted by Gasteiger charge is -2.30. The lowest BCUT2D eigenvalue weighted by Crippen LogP contribution is -2.43. The fraction of sp³-hybridized carbons (Fsp3) is 0.562. The Hall–Kier alpha value is -1.71. The molecular weight excluding hydrogens is 349 g/mol. The standard InChI is InChI=1S/C16H24FN3O4S/c1-25(23,24)20-7-5-12(6-8-20)10-18-16(22)19-11-15(21)13-3-2-4-14(17)9-13/h2-4,9,12,15,21H,5-8,10-11H2,1H3,(H2,18,19,22)/t15-/m0/s1. The molecule has 0 unspecified atom stereocenters. The van der Waals surface area contributed by atoms with E-state index in [4.69, 9.17) is 0 Å². The second-order valence-corrected chi connectivity index (χ2v) is 8.25. The van der Waals surface area contributed by atoms with Gasteiger partial charge in [0.2, 0.25) is 10.0 Å². The normalized spacial score (nSPS) is 17.9. The third-order valence-electron chi connectivity index (χ3n) is 4.28. The molecule has 1 aromatic rings. The smallest absolute Gasteiger partial charge is 0.314 e. The SMILES string of the molecule is CS(=O)(=O)N1CCC(CNC(=O)NC[C@H](O)c2cccc(F)c2)CC1. The molecule has 3 N–H and O–H groups in total. The Balaban J connectivity index is 1.68. The second kappa shape index (κ2) is 8.59. The number of rotatable bonds is 6. The first-order valence-electron chi connectivity index (χ1n) is 8.16. The minimum Gasteiger partial charge on any atom is -0.387 e. The highest BCUT2D eigenvalue weighted by molar-refractivity contribution is 7.88. The highest BCUT2D eigenvalue weighted by Gasteiger charge is 2.25. The largest absolute Gasteiger partial charge is 0.387 e. The number of amides is 2. The van der Waals surface area contributed by atoms with Gasteiger partial charge in [-0.05, 0) is 36.5 Å². The molecule has 1 heterocycles. The number of halogens is 1. The van der Waals surface area contributed by atoms with Crippen molar-refractivity contribution in [2.45, 2.75) is 18.9 Å². The maximum Gasteiger partial charge on any atom is 0.314 e. The summed E-state index contributed by atoms with van der Waals surface area (Å²) in [6.07, 6.45) is 1.60. The average Bonchev–Trinajstić information content (AvgIpc) is 2.57. The summed E-state index contributed by atoms with van der Waals surface area (Å²) in [5, 5.41) is 15.2. The first kappa shape index (κ1) is 19.6. The van der Waals surface area contributed by atoms with Crippen LogP contribution in [0.1, 0.15) is 24.5 Å². The topological polar surface area (TPSA) is 98.7 Å². The number of aliphatic hydroxyl groups excluding tert-OH is 1. The third kappa shape index (κ3) is 6.26. The average molecular weight is 373 g/mol. The summed E-state index contributed by atoms with van der Waals surface area (Å²) in [5.74, 6) is -0.224. The van der Waals surface area contributed by atoms with E-state index in [9.17, 15) is 22.7 Å². The molecule has 1 fully saturated rings. The lowest BCUT2D eigenvalue weighted by molar-refractivity contribution is 0.172. The molecule has 2 amide bonds. The number of piperidine rings is 1. The van der Waals surface area contributed by atoms with E-state index in [2.05, 4.69) is 10.6 Å². The van der Waals surface area contributed by atoms with Gasteiger partial charge in [0, 0.05) is 26.2 Å². The molecule has 1 aliphatic rings. The van der Waals surface area contributed by atoms with E-state index >= 15 is 0 Å². The molecule has 1 atom stereocenters. The lowest BCUT2D eigenvalue weighted by atomic mass is 9.98. The highest BCUT2D eigenvalue weighted by atomic mass is 32.2. The van der Waals surface area contributed by atoms with Gasteiger partial charge in [0.1, 0.15) is 5.82 Å². The van der Waals surface area contributed by atoms with Crippen molar-refractivity contribution in [2.75, 3.05) is 32.4 Å². The molecule has 0 aliphatic carbocycles. The summed E-state index contributed by atoms with van der Waals surface area (Å²) in [6.45, 7) is 1.34. The van der Waals surface area contributed by atoms with E-state index in [0.29, 0.717) is 38.0 Å². The van der Waals surface area contributed by atoms with Gasteiger partial charge in [-0.1, -0.05) is 12.1 Å². The van der Waals surface area contributed by atoms with Gasteiger partial charge in [0.25, 0.3) is 0 Å². The van der Waals surface area contributed by atoms with Crippen molar-refractivity contribution in [1.82, 2.24) is 14.9 Å². The highest BCUT2D eigenvalue weighted by Crippen LogP contribution is 2.18. The number of carbonyl (C=O) groups is 1. The van der Waals surface area contributed by atoms with Crippen LogP contribution < -0.4 is 10.6 Å². The van der Waals surface area contributed by atoms with Gasteiger partial charge in [-0.2, -0.15) is 0 Å². The first-order chi connectivity index (χ1) is 11.8. The van der Waals surface area contributed by atoms with Gasteiger partial charge in [0.15, 0.2) is 0 Å². The van der Waals surface area contributed by atoms with Crippen LogP contribution in [0.5, 0.6) is 0 Å². The Labute approximate surface area is 147 Å². The van der Waals surface area contributed by atoms with Crippen LogP contribution >= 0.6 is 0 Å². The van der Waals surface area contributed by atoms with Crippen molar-refractivity contribution in [3.8, 4) is 0 Å². The van der Waals surface area contributed by atoms with E-state index in [1.54, 1.807) is 6.07 Å². The van der Waals surface area contributed by atoms with Crippen LogP contribution in [0, 0.1) is 11.7 Å². The Kier molecular flexibility index (Phi) is 6.74. The van der Waals surface area contributed by atoms with E-state index in [1.807, 2.05) is 0 Å². The molecule has 25 heavy (non-hydrogen) atoms. The van der Waals surface area contributed by atoms with Crippen LogP contribution in [0.25, 0.3) is 0 Å². The summed E-state index contributed by atoms with van der Waals surface area (Å²) < 4.78 is 37.4. The number of hydrogen-bond acceptors (Lipinski definition) is 4. The van der Waals surface area contributed by atoms with Gasteiger partial charge < -0.3 is 15.7 Å². The maximum absolute atomic E-state index is 13.1. The zero-order chi connectivity index (χ0) is 18.4. The van der Waals surface area contributed by atoms with Crippen LogP contribution in [-0.4, -0.2) is 56.3 Å². The number of nitrogens with zero attached hydrogens (tertiary/aromatic N) is 1. The Morgan fingerprint density at radius 2 is 2.04 bits per heavy atom. The molecule has 0 aromatic heterocycles. The number of sulfonamides is 1. The van der Waals surface area contributed by atoms with Crippen molar-refractivity contribution in [1.29, 1.82) is 0 Å². The number of hydrogen-bond donors (Lipinski definition) is 3. The van der Waals surface area contributed by atoms with Crippen LogP contribution in [0.2, 0.25) is 0 Å². The Morgan fingerprint density at radius 3 is 2.64 bits per heavy atom. The van der Waals surface area contributed by atoms with Gasteiger partial charge in [-0.3, -0.25) is 0 Å². The van der Waals surface area contributed by atoms with Crippen molar-refractivity contribution in [3.05, 3.63) is 35.6 Å². The molecule has 2 rings (SSSR count). The van der Waals surface area contributed by atoms with Crippen LogP contribution in [0.4, 0.5) is 9.18 Å². The molecular formula is C16H24FN3O4S. The van der Waals surface area contributed by atoms with Crippen molar-refractivity contribution in [2.24, 2.45) is 5.92 Å². The van der Waals surface area contributed by atoms with Gasteiger partial charge >= 0.3 is 6.03 Å². The minimum atomic E-state index is -3.15. The molecule has 7 nitrogen and oxygen atoms in total. The van der Waals surface area contributed by atoms with Gasteiger partial charge in [-0.15, -0.1) is 0 Å². The van der Waals surface area contributed by atoms with Gasteiger partial charge in [-0.25, -0.2) is 21.9 Å². The molecule has 0 saturated carbocycles. The second-order valence-electron chi connectivity index (χ2n) is 6.27. The molecule has 0 radical (unpaired) electrons. The predicted molar refractivity (Wildman–Crippen MR) is 91.9 cm³/mol. The van der Waals surface area contributed by atoms with E-state index in [0.717, 1.165) is 0 Å². The zero-order valence-electron chi connectivity index (χ0n) is 14.1. The number of nitrogens with one attached hydrogen (secondary N) is 2. The van der Waals surface area contributed by atoms with E-state index in [1.165, 1.54) is 28.8 Å². The molecule has 140 valence electrons. The zero-order valence-corrected chi connectivity index (χ0v) is 14.9. The number of benzene rings is 1. The van der Waals surface area contributed by atoms with Crippen molar-refractivity contribution >= 4 is 16.1 Å². The maximum atomic E-state index is 13.1. The fourth-order valence-corrected chi connectivity index (χ4v) is 3.64. The number of aliphatic hydroxyl groups is 1. The Morgan fingerprint density at radius 1 is 1.36 bits per heavy atom. The monoisotopic (exact) mass is 373 g/mol. The summed E-state index contributed by atoms with van der Waals surface area (Å²) in [7, 11) is -3.15. The molecule has 1 saturated heterocycles. The first-order valence-corrected chi connectivity index (χ1v) is 10.0. The third-order valence-corrected chi connectivity index (χ3v) is 5.59. The van der Waals surface area contributed by atoms with Crippen LogP contribution in [-0.2, 0) is 10.0 Å². The van der Waals surface area contributed by atoms with Crippen molar-refractivity contribution in [3.63, 3.8) is 0 Å². The van der Waals surface area contributed by atoms with Crippen LogP contribution in [0.15, 0.2) is 24.3 Å².